The Hall–Kier alpha value is -1.88. The molecule has 76 valence electrons. The van der Waals surface area contributed by atoms with Crippen molar-refractivity contribution in [3.63, 3.8) is 0 Å². The zero-order valence-corrected chi connectivity index (χ0v) is 8.08. The number of H-pyrrole nitrogens is 1. The third-order valence-electron chi connectivity index (χ3n) is 1.98. The monoisotopic (exact) mass is 224 g/mol. The van der Waals surface area contributed by atoms with Crippen molar-refractivity contribution in [2.24, 2.45) is 0 Å². The Morgan fingerprint density at radius 1 is 1.40 bits per heavy atom. The third-order valence-corrected chi connectivity index (χ3v) is 2.25. The van der Waals surface area contributed by atoms with Crippen LogP contribution in [0.25, 0.3) is 10.9 Å². The second-order valence-electron chi connectivity index (χ2n) is 2.87. The van der Waals surface area contributed by atoms with Crippen LogP contribution in [0, 0.1) is 0 Å². The Bertz CT molecular complexity index is 561. The van der Waals surface area contributed by atoms with E-state index in [9.17, 15) is 9.59 Å². The van der Waals surface area contributed by atoms with E-state index in [0.29, 0.717) is 10.9 Å². The van der Waals surface area contributed by atoms with Gasteiger partial charge in [0.25, 0.3) is 5.78 Å². The van der Waals surface area contributed by atoms with E-state index >= 15 is 0 Å². The number of carboxylic acid groups (broad SMARTS) is 1. The van der Waals surface area contributed by atoms with Gasteiger partial charge in [-0.2, -0.15) is 5.10 Å². The van der Waals surface area contributed by atoms with Gasteiger partial charge in [0.15, 0.2) is 0 Å². The summed E-state index contributed by atoms with van der Waals surface area (Å²) in [5.41, 5.74) is 0.505. The number of nitrogens with one attached hydrogen (secondary N) is 1. The number of carbonyl (C=O) groups is 2. The molecule has 0 amide bonds. The summed E-state index contributed by atoms with van der Waals surface area (Å²) in [4.78, 5) is 21.9. The molecule has 0 saturated heterocycles. The highest BCUT2D eigenvalue weighted by Gasteiger charge is 2.19. The summed E-state index contributed by atoms with van der Waals surface area (Å²) < 4.78 is 0. The Balaban J connectivity index is 2.75. The number of aliphatic carboxylic acids is 1. The van der Waals surface area contributed by atoms with Gasteiger partial charge in [-0.15, -0.1) is 0 Å². The molecular weight excluding hydrogens is 220 g/mol. The van der Waals surface area contributed by atoms with Crippen molar-refractivity contribution in [1.82, 2.24) is 10.2 Å². The average molecular weight is 225 g/mol. The molecular formula is C9H5ClN2O3. The van der Waals surface area contributed by atoms with Crippen LogP contribution in [0.5, 0.6) is 0 Å². The topological polar surface area (TPSA) is 83.0 Å². The minimum absolute atomic E-state index is 0.0405. The van der Waals surface area contributed by atoms with Gasteiger partial charge in [-0.05, 0) is 12.1 Å². The Morgan fingerprint density at radius 2 is 2.13 bits per heavy atom. The predicted octanol–water partition coefficient (Wildman–Crippen LogP) is 1.48. The zero-order valence-electron chi connectivity index (χ0n) is 7.32. The molecule has 1 aromatic heterocycles. The number of ketones is 1. The predicted molar refractivity (Wildman–Crippen MR) is 53.1 cm³/mol. The number of hydrogen-bond acceptors (Lipinski definition) is 3. The van der Waals surface area contributed by atoms with Crippen molar-refractivity contribution in [3.05, 3.63) is 28.9 Å². The van der Waals surface area contributed by atoms with Crippen LogP contribution < -0.4 is 0 Å². The average Bonchev–Trinajstić information content (AvgIpc) is 2.59. The Labute approximate surface area is 88.7 Å². The number of Topliss-reactive ketones (excluding diaryl/α,β-unsaturated/α-hetero) is 1. The molecule has 0 spiro atoms. The molecule has 0 radical (unpaired) electrons. The lowest BCUT2D eigenvalue weighted by Crippen LogP contribution is -2.12. The molecule has 0 aliphatic rings. The van der Waals surface area contributed by atoms with Crippen molar-refractivity contribution in [1.29, 1.82) is 0 Å². The van der Waals surface area contributed by atoms with Crippen LogP contribution in [0.15, 0.2) is 18.2 Å². The summed E-state index contributed by atoms with van der Waals surface area (Å²) in [5.74, 6) is -2.51. The van der Waals surface area contributed by atoms with Gasteiger partial charge in [0, 0.05) is 5.56 Å². The van der Waals surface area contributed by atoms with Gasteiger partial charge in [-0.1, -0.05) is 17.7 Å². The van der Waals surface area contributed by atoms with E-state index < -0.39 is 11.8 Å². The fourth-order valence-electron chi connectivity index (χ4n) is 1.33. The molecule has 0 saturated carbocycles. The van der Waals surface area contributed by atoms with Crippen molar-refractivity contribution >= 4 is 34.3 Å². The number of carbonyl (C=O) groups excluding carboxylic acids is 1. The molecule has 0 fully saturated rings. The Morgan fingerprint density at radius 3 is 2.80 bits per heavy atom. The minimum Gasteiger partial charge on any atom is -0.475 e. The molecule has 0 unspecified atom stereocenters. The van der Waals surface area contributed by atoms with Gasteiger partial charge in [-0.3, -0.25) is 9.89 Å². The van der Waals surface area contributed by atoms with Gasteiger partial charge in [0.2, 0.25) is 0 Å². The number of benzene rings is 1. The second-order valence-corrected chi connectivity index (χ2v) is 3.25. The third kappa shape index (κ3) is 1.46. The fourth-order valence-corrected chi connectivity index (χ4v) is 1.57. The van der Waals surface area contributed by atoms with E-state index in [4.69, 9.17) is 16.7 Å². The van der Waals surface area contributed by atoms with Crippen LogP contribution in [0.1, 0.15) is 10.4 Å². The summed E-state index contributed by atoms with van der Waals surface area (Å²) in [6.45, 7) is 0. The molecule has 1 heterocycles. The maximum Gasteiger partial charge on any atom is 0.377 e. The first kappa shape index (κ1) is 9.67. The number of nitrogens with zero attached hydrogens (tertiary/aromatic N) is 1. The standard InChI is InChI=1S/C9H5ClN2O3/c10-8-6-4(7(13)9(14)15)2-1-3-5(6)11-12-8/h1-3H,(H,11,12)(H,14,15). The van der Waals surface area contributed by atoms with Crippen LogP contribution in [-0.4, -0.2) is 27.1 Å². The first-order valence-electron chi connectivity index (χ1n) is 4.01. The first-order chi connectivity index (χ1) is 7.11. The largest absolute Gasteiger partial charge is 0.475 e. The van der Waals surface area contributed by atoms with Crippen molar-refractivity contribution in [2.75, 3.05) is 0 Å². The Kier molecular flexibility index (Phi) is 2.17. The minimum atomic E-state index is -1.51. The lowest BCUT2D eigenvalue weighted by Gasteiger charge is -1.97. The summed E-state index contributed by atoms with van der Waals surface area (Å²) in [6.07, 6.45) is 0. The summed E-state index contributed by atoms with van der Waals surface area (Å²) in [5, 5.41) is 15.4. The molecule has 0 atom stereocenters. The number of carboxylic acids is 1. The SMILES string of the molecule is O=C(O)C(=O)c1cccc2n[nH]c(Cl)c12. The van der Waals surface area contributed by atoms with Crippen LogP contribution in [0.3, 0.4) is 0 Å². The maximum absolute atomic E-state index is 11.3. The molecule has 2 rings (SSSR count). The molecule has 1 aromatic carbocycles. The zero-order chi connectivity index (χ0) is 11.0. The van der Waals surface area contributed by atoms with E-state index in [1.165, 1.54) is 6.07 Å². The number of aromatic amines is 1. The summed E-state index contributed by atoms with van der Waals surface area (Å²) >= 11 is 5.76. The molecule has 0 aliphatic carbocycles. The molecule has 2 aromatic rings. The van der Waals surface area contributed by atoms with E-state index in [0.717, 1.165) is 0 Å². The van der Waals surface area contributed by atoms with E-state index in [-0.39, 0.29) is 10.7 Å². The number of rotatable bonds is 2. The molecule has 5 nitrogen and oxygen atoms in total. The van der Waals surface area contributed by atoms with Crippen molar-refractivity contribution in [3.8, 4) is 0 Å². The van der Waals surface area contributed by atoms with Crippen LogP contribution in [0.2, 0.25) is 5.15 Å². The number of aromatic nitrogens is 2. The smallest absolute Gasteiger partial charge is 0.377 e. The molecule has 0 aliphatic heterocycles. The molecule has 15 heavy (non-hydrogen) atoms. The quantitative estimate of drug-likeness (QED) is 0.598. The van der Waals surface area contributed by atoms with Crippen molar-refractivity contribution < 1.29 is 14.7 Å². The normalized spacial score (nSPS) is 10.5. The van der Waals surface area contributed by atoms with Gasteiger partial charge in [0.1, 0.15) is 5.15 Å². The van der Waals surface area contributed by atoms with Crippen molar-refractivity contribution in [2.45, 2.75) is 0 Å². The van der Waals surface area contributed by atoms with Gasteiger partial charge in [0.05, 0.1) is 10.9 Å². The van der Waals surface area contributed by atoms with Gasteiger partial charge in [-0.25, -0.2) is 4.79 Å². The molecule has 2 N–H and O–H groups in total. The van der Waals surface area contributed by atoms with Gasteiger partial charge < -0.3 is 5.11 Å². The second kappa shape index (κ2) is 3.36. The summed E-state index contributed by atoms with van der Waals surface area (Å²) in [6, 6.07) is 4.59. The fraction of sp³-hybridized carbons (Fsp3) is 0. The first-order valence-corrected chi connectivity index (χ1v) is 4.39. The van der Waals surface area contributed by atoms with Crippen LogP contribution in [-0.2, 0) is 4.79 Å². The highest BCUT2D eigenvalue weighted by atomic mass is 35.5. The van der Waals surface area contributed by atoms with Crippen LogP contribution in [0.4, 0.5) is 0 Å². The lowest BCUT2D eigenvalue weighted by molar-refractivity contribution is -0.131. The van der Waals surface area contributed by atoms with Gasteiger partial charge >= 0.3 is 5.97 Å². The van der Waals surface area contributed by atoms with Crippen LogP contribution >= 0.6 is 11.6 Å². The number of fused-ring (bicyclic) bond motifs is 1. The van der Waals surface area contributed by atoms with E-state index in [1.54, 1.807) is 12.1 Å². The van der Waals surface area contributed by atoms with E-state index in [1.807, 2.05) is 0 Å². The summed E-state index contributed by atoms with van der Waals surface area (Å²) in [7, 11) is 0. The molecule has 6 heteroatoms. The maximum atomic E-state index is 11.3. The number of halogens is 1. The number of hydrogen-bond donors (Lipinski definition) is 2. The molecule has 0 bridgehead atoms. The highest BCUT2D eigenvalue weighted by Crippen LogP contribution is 2.24. The van der Waals surface area contributed by atoms with E-state index in [2.05, 4.69) is 10.2 Å². The highest BCUT2D eigenvalue weighted by molar-refractivity contribution is 6.44. The lowest BCUT2D eigenvalue weighted by atomic mass is 10.1.